The van der Waals surface area contributed by atoms with E-state index in [4.69, 9.17) is 13.7 Å². The predicted octanol–water partition coefficient (Wildman–Crippen LogP) is 4.45. The molecule has 0 spiro atoms. The molecule has 37 heavy (non-hydrogen) atoms. The maximum absolute atomic E-state index is 12.7. The lowest BCUT2D eigenvalue weighted by atomic mass is 10.2. The van der Waals surface area contributed by atoms with Gasteiger partial charge < -0.3 is 13.7 Å². The van der Waals surface area contributed by atoms with Crippen LogP contribution in [0.1, 0.15) is 11.1 Å². The Balaban J connectivity index is 1.41. The normalized spacial score (nSPS) is 11.4. The molecule has 0 radical (unpaired) electrons. The summed E-state index contributed by atoms with van der Waals surface area (Å²) in [6.45, 7) is 1.61. The summed E-state index contributed by atoms with van der Waals surface area (Å²) in [5.74, 6) is 0.284. The number of benzene rings is 3. The Morgan fingerprint density at radius 2 is 1.84 bits per heavy atom. The number of amides is 1. The van der Waals surface area contributed by atoms with Crippen molar-refractivity contribution >= 4 is 55.7 Å². The first-order valence-electron chi connectivity index (χ1n) is 10.9. The molecule has 0 aliphatic rings. The molecule has 4 rings (SSSR count). The molecular formula is C26H22IN3O6S. The van der Waals surface area contributed by atoms with Gasteiger partial charge in [0.1, 0.15) is 16.2 Å². The SMILES string of the molecule is COc1cc(/C=N\NC(=O)COc2cccc3cccnc23)cc(I)c1OS(=O)(=O)c1ccc(C)cc1. The fourth-order valence-electron chi connectivity index (χ4n) is 3.31. The quantitative estimate of drug-likeness (QED) is 0.126. The molecule has 0 unspecified atom stereocenters. The van der Waals surface area contributed by atoms with Crippen LogP contribution in [0.3, 0.4) is 0 Å². The van der Waals surface area contributed by atoms with Crippen LogP contribution in [0.15, 0.2) is 82.9 Å². The number of nitrogens with zero attached hydrogens (tertiary/aromatic N) is 2. The molecule has 9 nitrogen and oxygen atoms in total. The number of methoxy groups -OCH3 is 1. The monoisotopic (exact) mass is 631 g/mol. The highest BCUT2D eigenvalue weighted by atomic mass is 127. The number of aryl methyl sites for hydroxylation is 1. The number of ether oxygens (including phenoxy) is 2. The zero-order valence-corrected chi connectivity index (χ0v) is 22.8. The Morgan fingerprint density at radius 3 is 2.59 bits per heavy atom. The Labute approximate surface area is 227 Å². The van der Waals surface area contributed by atoms with E-state index in [0.29, 0.717) is 20.4 Å². The first-order chi connectivity index (χ1) is 17.8. The van der Waals surface area contributed by atoms with Crippen LogP contribution in [0.2, 0.25) is 0 Å². The largest absolute Gasteiger partial charge is 0.493 e. The van der Waals surface area contributed by atoms with Crippen LogP contribution in [0.4, 0.5) is 0 Å². The van der Waals surface area contributed by atoms with E-state index in [-0.39, 0.29) is 23.0 Å². The highest BCUT2D eigenvalue weighted by Gasteiger charge is 2.22. The Kier molecular flexibility index (Phi) is 8.24. The standard InChI is InChI=1S/C26H22IN3O6S/c1-17-8-10-20(11-9-17)37(32,33)36-26-21(27)13-18(14-23(26)34-2)15-29-30-24(31)16-35-22-7-3-5-19-6-4-12-28-25(19)22/h3-15H,16H2,1-2H3,(H,30,31)/b29-15-. The fourth-order valence-corrected chi connectivity index (χ4v) is 5.15. The number of aromatic nitrogens is 1. The summed E-state index contributed by atoms with van der Waals surface area (Å²) >= 11 is 1.95. The molecule has 0 aliphatic carbocycles. The molecule has 1 amide bonds. The Bertz CT molecular complexity index is 1570. The van der Waals surface area contributed by atoms with Crippen molar-refractivity contribution in [1.29, 1.82) is 0 Å². The lowest BCUT2D eigenvalue weighted by molar-refractivity contribution is -0.123. The van der Waals surface area contributed by atoms with Crippen LogP contribution < -0.4 is 19.1 Å². The maximum atomic E-state index is 12.7. The van der Waals surface area contributed by atoms with Crippen LogP contribution >= 0.6 is 22.6 Å². The number of carbonyl (C=O) groups is 1. The average Bonchev–Trinajstić information content (AvgIpc) is 2.89. The second kappa shape index (κ2) is 11.6. The zero-order chi connectivity index (χ0) is 26.4. The minimum atomic E-state index is -4.06. The van der Waals surface area contributed by atoms with Crippen molar-refractivity contribution in [2.75, 3.05) is 13.7 Å². The highest BCUT2D eigenvalue weighted by Crippen LogP contribution is 2.35. The molecule has 0 atom stereocenters. The fraction of sp³-hybridized carbons (Fsp3) is 0.115. The summed E-state index contributed by atoms with van der Waals surface area (Å²) in [5.41, 5.74) is 4.55. The van der Waals surface area contributed by atoms with Crippen molar-refractivity contribution < 1.29 is 26.9 Å². The number of rotatable bonds is 9. The van der Waals surface area contributed by atoms with E-state index >= 15 is 0 Å². The number of nitrogens with one attached hydrogen (secondary N) is 1. The lowest BCUT2D eigenvalue weighted by Crippen LogP contribution is -2.24. The van der Waals surface area contributed by atoms with E-state index in [9.17, 15) is 13.2 Å². The third-order valence-corrected chi connectivity index (χ3v) is 7.15. The summed E-state index contributed by atoms with van der Waals surface area (Å²) in [6, 6.07) is 18.7. The van der Waals surface area contributed by atoms with Gasteiger partial charge in [-0.05, 0) is 71.5 Å². The molecule has 0 aliphatic heterocycles. The molecular weight excluding hydrogens is 609 g/mol. The van der Waals surface area contributed by atoms with E-state index in [1.165, 1.54) is 25.5 Å². The Morgan fingerprint density at radius 1 is 1.08 bits per heavy atom. The number of hydrogen-bond acceptors (Lipinski definition) is 8. The summed E-state index contributed by atoms with van der Waals surface area (Å²) in [4.78, 5) is 16.5. The smallest absolute Gasteiger partial charge is 0.339 e. The van der Waals surface area contributed by atoms with Crippen LogP contribution in [0.25, 0.3) is 10.9 Å². The molecule has 0 fully saturated rings. The molecule has 1 heterocycles. The van der Waals surface area contributed by atoms with Crippen molar-refractivity contribution in [1.82, 2.24) is 10.4 Å². The Hall–Kier alpha value is -3.71. The molecule has 3 aromatic carbocycles. The molecule has 0 saturated heterocycles. The topological polar surface area (TPSA) is 116 Å². The molecule has 1 N–H and O–H groups in total. The van der Waals surface area contributed by atoms with Gasteiger partial charge in [0.2, 0.25) is 0 Å². The van der Waals surface area contributed by atoms with E-state index in [1.54, 1.807) is 36.5 Å². The summed E-state index contributed by atoms with van der Waals surface area (Å²) < 4.78 is 42.3. The van der Waals surface area contributed by atoms with Crippen LogP contribution in [-0.4, -0.2) is 39.2 Å². The molecule has 0 bridgehead atoms. The molecule has 11 heteroatoms. The van der Waals surface area contributed by atoms with Crippen molar-refractivity contribution in [3.05, 3.63) is 87.6 Å². The average molecular weight is 631 g/mol. The maximum Gasteiger partial charge on any atom is 0.339 e. The van der Waals surface area contributed by atoms with Gasteiger partial charge in [0.25, 0.3) is 5.91 Å². The van der Waals surface area contributed by atoms with Gasteiger partial charge in [0.15, 0.2) is 18.1 Å². The van der Waals surface area contributed by atoms with Gasteiger partial charge in [0.05, 0.1) is 16.9 Å². The van der Waals surface area contributed by atoms with Gasteiger partial charge in [-0.2, -0.15) is 13.5 Å². The number of hydrazone groups is 1. The van der Waals surface area contributed by atoms with Crippen LogP contribution in [0, 0.1) is 10.5 Å². The lowest BCUT2D eigenvalue weighted by Gasteiger charge is -2.13. The third-order valence-electron chi connectivity index (χ3n) is 5.11. The summed E-state index contributed by atoms with van der Waals surface area (Å²) in [5, 5.41) is 4.86. The van der Waals surface area contributed by atoms with Crippen molar-refractivity contribution in [2.45, 2.75) is 11.8 Å². The first kappa shape index (κ1) is 26.4. The second-order valence-corrected chi connectivity index (χ2v) is 10.5. The number of halogens is 1. The van der Waals surface area contributed by atoms with Crippen molar-refractivity contribution in [3.8, 4) is 17.2 Å². The second-order valence-electron chi connectivity index (χ2n) is 7.80. The number of pyridine rings is 1. The van der Waals surface area contributed by atoms with Crippen molar-refractivity contribution in [2.24, 2.45) is 5.10 Å². The van der Waals surface area contributed by atoms with E-state index < -0.39 is 16.0 Å². The number of para-hydroxylation sites is 1. The minimum absolute atomic E-state index is 0.0332. The van der Waals surface area contributed by atoms with Gasteiger partial charge in [-0.15, -0.1) is 0 Å². The van der Waals surface area contributed by atoms with Crippen LogP contribution in [-0.2, 0) is 14.9 Å². The van der Waals surface area contributed by atoms with Gasteiger partial charge in [-0.1, -0.05) is 35.9 Å². The molecule has 190 valence electrons. The first-order valence-corrected chi connectivity index (χ1v) is 13.4. The van der Waals surface area contributed by atoms with Gasteiger partial charge in [-0.3, -0.25) is 9.78 Å². The molecule has 1 aromatic heterocycles. The summed E-state index contributed by atoms with van der Waals surface area (Å²) in [7, 11) is -2.66. The van der Waals surface area contributed by atoms with E-state index in [2.05, 4.69) is 15.5 Å². The van der Waals surface area contributed by atoms with E-state index in [1.807, 2.05) is 53.8 Å². The number of carbonyl (C=O) groups excluding carboxylic acids is 1. The number of fused-ring (bicyclic) bond motifs is 1. The van der Waals surface area contributed by atoms with Crippen molar-refractivity contribution in [3.63, 3.8) is 0 Å². The minimum Gasteiger partial charge on any atom is -0.493 e. The number of hydrogen-bond donors (Lipinski definition) is 1. The molecule has 4 aromatic rings. The van der Waals surface area contributed by atoms with E-state index in [0.717, 1.165) is 10.9 Å². The van der Waals surface area contributed by atoms with Gasteiger partial charge >= 0.3 is 10.1 Å². The summed E-state index contributed by atoms with van der Waals surface area (Å²) in [6.07, 6.45) is 3.06. The zero-order valence-electron chi connectivity index (χ0n) is 19.8. The van der Waals surface area contributed by atoms with Gasteiger partial charge in [-0.25, -0.2) is 5.43 Å². The molecule has 0 saturated carbocycles. The predicted molar refractivity (Wildman–Crippen MR) is 148 cm³/mol. The van der Waals surface area contributed by atoms with Gasteiger partial charge in [0, 0.05) is 11.6 Å². The van der Waals surface area contributed by atoms with Crippen LogP contribution in [0.5, 0.6) is 17.2 Å². The third kappa shape index (κ3) is 6.54. The highest BCUT2D eigenvalue weighted by molar-refractivity contribution is 14.1.